The van der Waals surface area contributed by atoms with Gasteiger partial charge < -0.3 is 6.58 Å². The van der Waals surface area contributed by atoms with Crippen molar-refractivity contribution in [2.45, 2.75) is 0 Å². The molecule has 0 saturated heterocycles. The molecule has 3 rings (SSSR count). The van der Waals surface area contributed by atoms with Crippen LogP contribution < -0.4 is 0 Å². The topological polar surface area (TPSA) is 0 Å². The molecular weight excluding hydrogens is 281 g/mol. The third-order valence-electron chi connectivity index (χ3n) is 2.87. The first-order valence-corrected chi connectivity index (χ1v) is 5.28. The minimum absolute atomic E-state index is 0. The Morgan fingerprint density at radius 3 is 2.12 bits per heavy atom. The van der Waals surface area contributed by atoms with Crippen molar-refractivity contribution in [1.29, 1.82) is 0 Å². The van der Waals surface area contributed by atoms with Crippen LogP contribution in [0.15, 0.2) is 48.5 Å². The number of fused-ring (bicyclic) bond motifs is 3. The summed E-state index contributed by atoms with van der Waals surface area (Å²) in [6.07, 6.45) is 1.62. The molecule has 0 nitrogen and oxygen atoms in total. The van der Waals surface area contributed by atoms with E-state index in [-0.39, 0.29) is 32.7 Å². The molecule has 0 saturated carbocycles. The Labute approximate surface area is 126 Å². The molecule has 3 aromatic carbocycles. The molecule has 0 aliphatic rings. The monoisotopic (exact) mass is 291 g/mol. The molecule has 17 heavy (non-hydrogen) atoms. The minimum Gasteiger partial charge on any atom is -0.334 e. The first-order chi connectivity index (χ1) is 7.90. The fourth-order valence-electron chi connectivity index (χ4n) is 2.12. The number of hydrogen-bond donors (Lipinski definition) is 0. The summed E-state index contributed by atoms with van der Waals surface area (Å²) in [5, 5.41) is 4.72. The Morgan fingerprint density at radius 1 is 0.824 bits per heavy atom. The first kappa shape index (κ1) is 12.5. The number of benzene rings is 3. The van der Waals surface area contributed by atoms with Crippen molar-refractivity contribution in [3.05, 3.63) is 66.7 Å². The van der Waals surface area contributed by atoms with Gasteiger partial charge >= 0.3 is 0 Å². The van der Waals surface area contributed by atoms with Gasteiger partial charge in [-0.2, -0.15) is 5.39 Å². The van der Waals surface area contributed by atoms with E-state index in [1.54, 1.807) is 6.08 Å². The van der Waals surface area contributed by atoms with Gasteiger partial charge in [-0.05, 0) is 0 Å². The second-order valence-corrected chi connectivity index (χ2v) is 3.80. The van der Waals surface area contributed by atoms with Crippen molar-refractivity contribution in [1.82, 2.24) is 0 Å². The van der Waals surface area contributed by atoms with Gasteiger partial charge in [0, 0.05) is 32.7 Å². The zero-order chi connectivity index (χ0) is 11.0. The van der Waals surface area contributed by atoms with Crippen LogP contribution in [-0.4, -0.2) is 0 Å². The van der Waals surface area contributed by atoms with Crippen LogP contribution in [0.25, 0.3) is 27.6 Å². The van der Waals surface area contributed by atoms with E-state index in [1.165, 1.54) is 10.8 Å². The molecule has 0 fully saturated rings. The zero-order valence-corrected chi connectivity index (χ0v) is 12.2. The first-order valence-electron chi connectivity index (χ1n) is 5.28. The van der Waals surface area contributed by atoms with Crippen molar-refractivity contribution in [2.24, 2.45) is 0 Å². The third kappa shape index (κ3) is 2.08. The Morgan fingerprint density at radius 2 is 1.41 bits per heavy atom. The van der Waals surface area contributed by atoms with E-state index in [9.17, 15) is 0 Å². The van der Waals surface area contributed by atoms with Crippen LogP contribution in [0.5, 0.6) is 0 Å². The van der Waals surface area contributed by atoms with E-state index < -0.39 is 0 Å². The average molecular weight is 291 g/mol. The van der Waals surface area contributed by atoms with Crippen LogP contribution in [0.4, 0.5) is 0 Å². The van der Waals surface area contributed by atoms with Gasteiger partial charge in [0.05, 0.1) is 0 Å². The quantitative estimate of drug-likeness (QED) is 0.465. The molecular formula is C16H10Y-2. The van der Waals surface area contributed by atoms with Crippen LogP contribution in [0, 0.1) is 12.6 Å². The largest absolute Gasteiger partial charge is 0.334 e. The summed E-state index contributed by atoms with van der Waals surface area (Å²) in [7, 11) is 0. The van der Waals surface area contributed by atoms with Gasteiger partial charge in [-0.25, -0.2) is 6.07 Å². The van der Waals surface area contributed by atoms with Crippen LogP contribution in [0.3, 0.4) is 0 Å². The molecule has 3 aromatic rings. The summed E-state index contributed by atoms with van der Waals surface area (Å²) in [5.41, 5.74) is 0.967. The van der Waals surface area contributed by atoms with Crippen LogP contribution >= 0.6 is 0 Å². The normalized spacial score (nSPS) is 10.1. The predicted molar refractivity (Wildman–Crippen MR) is 69.1 cm³/mol. The van der Waals surface area contributed by atoms with Gasteiger partial charge in [0.25, 0.3) is 0 Å². The van der Waals surface area contributed by atoms with Crippen molar-refractivity contribution in [3.8, 4) is 0 Å². The van der Waals surface area contributed by atoms with Gasteiger partial charge in [0.2, 0.25) is 0 Å². The molecule has 0 aliphatic carbocycles. The Kier molecular flexibility index (Phi) is 3.76. The second kappa shape index (κ2) is 5.12. The van der Waals surface area contributed by atoms with E-state index in [0.29, 0.717) is 0 Å². The number of hydrogen-bond acceptors (Lipinski definition) is 0. The average Bonchev–Trinajstić information content (AvgIpc) is 2.38. The van der Waals surface area contributed by atoms with Gasteiger partial charge in [0.15, 0.2) is 0 Å². The van der Waals surface area contributed by atoms with E-state index in [2.05, 4.69) is 42.5 Å². The fourth-order valence-corrected chi connectivity index (χ4v) is 2.12. The molecule has 0 unspecified atom stereocenters. The van der Waals surface area contributed by atoms with E-state index in [0.717, 1.165) is 16.3 Å². The molecule has 0 aromatic heterocycles. The Balaban J connectivity index is 0.00000108. The van der Waals surface area contributed by atoms with Crippen LogP contribution in [0.1, 0.15) is 5.56 Å². The fraction of sp³-hybridized carbons (Fsp3) is 0. The van der Waals surface area contributed by atoms with Gasteiger partial charge in [0.1, 0.15) is 0 Å². The standard InChI is InChI=1S/C16H10.Y/c1-2-12-11-13-7-3-4-9-15(13)16-10-6-5-8-14(12)16;/h1-10H;/q-2;. The zero-order valence-electron chi connectivity index (χ0n) is 9.35. The summed E-state index contributed by atoms with van der Waals surface area (Å²) in [5.74, 6) is 0. The molecule has 0 heterocycles. The number of rotatable bonds is 1. The van der Waals surface area contributed by atoms with Crippen molar-refractivity contribution >= 4 is 27.6 Å². The van der Waals surface area contributed by atoms with Crippen LogP contribution in [0.2, 0.25) is 0 Å². The van der Waals surface area contributed by atoms with Crippen molar-refractivity contribution < 1.29 is 32.7 Å². The van der Waals surface area contributed by atoms with E-state index in [1.807, 2.05) is 12.1 Å². The molecule has 0 spiro atoms. The summed E-state index contributed by atoms with van der Waals surface area (Å²) in [6.45, 7) is 5.65. The molecule has 0 N–H and O–H groups in total. The molecule has 0 atom stereocenters. The van der Waals surface area contributed by atoms with E-state index >= 15 is 0 Å². The minimum atomic E-state index is 0. The molecule has 0 aliphatic heterocycles. The second-order valence-electron chi connectivity index (χ2n) is 3.80. The summed E-state index contributed by atoms with van der Waals surface area (Å²) < 4.78 is 0. The van der Waals surface area contributed by atoms with Crippen molar-refractivity contribution in [3.63, 3.8) is 0 Å². The van der Waals surface area contributed by atoms with Gasteiger partial charge in [-0.3, -0.25) is 11.6 Å². The molecule has 79 valence electrons. The maximum absolute atomic E-state index is 5.65. The molecule has 0 amide bonds. The Hall–Kier alpha value is -0.976. The summed E-state index contributed by atoms with van der Waals surface area (Å²) in [4.78, 5) is 0. The van der Waals surface area contributed by atoms with Gasteiger partial charge in [-0.1, -0.05) is 47.2 Å². The molecule has 0 bridgehead atoms. The Bertz CT molecular complexity index is 683. The maximum Gasteiger partial charge on any atom is 0 e. The molecule has 1 radical (unpaired) electrons. The smallest absolute Gasteiger partial charge is 0 e. The van der Waals surface area contributed by atoms with Crippen LogP contribution in [-0.2, 0) is 32.7 Å². The summed E-state index contributed by atoms with van der Waals surface area (Å²) in [6, 6.07) is 19.9. The van der Waals surface area contributed by atoms with E-state index in [4.69, 9.17) is 6.58 Å². The molecule has 1 heteroatoms. The maximum atomic E-state index is 5.65. The summed E-state index contributed by atoms with van der Waals surface area (Å²) >= 11 is 0. The van der Waals surface area contributed by atoms with Gasteiger partial charge in [-0.15, -0.1) is 17.5 Å². The third-order valence-corrected chi connectivity index (χ3v) is 2.87. The SMILES string of the molecule is [CH-]=Cc1[c-]c2ccccc2c2ccccc12.[Y]. The van der Waals surface area contributed by atoms with Crippen molar-refractivity contribution in [2.75, 3.05) is 0 Å². The predicted octanol–water partition coefficient (Wildman–Crippen LogP) is 4.24.